The first-order chi connectivity index (χ1) is 16.4. The number of fused-ring (bicyclic) bond motifs is 1. The van der Waals surface area contributed by atoms with E-state index >= 15 is 0 Å². The fourth-order valence-corrected chi connectivity index (χ4v) is 6.34. The third-order valence-corrected chi connectivity index (χ3v) is 8.94. The number of hydrogen-bond acceptors (Lipinski definition) is 5. The number of nitrogens with one attached hydrogen (secondary N) is 1. The lowest BCUT2D eigenvalue weighted by atomic mass is 9.92. The zero-order valence-electron chi connectivity index (χ0n) is 18.7. The Bertz CT molecular complexity index is 1370. The van der Waals surface area contributed by atoms with Crippen molar-refractivity contribution in [3.05, 3.63) is 95.4 Å². The molecule has 6 nitrogen and oxygen atoms in total. The van der Waals surface area contributed by atoms with E-state index in [9.17, 15) is 18.3 Å². The molecule has 0 radical (unpaired) electrons. The van der Waals surface area contributed by atoms with Crippen LogP contribution in [0.25, 0.3) is 10.8 Å². The molecule has 2 N–H and O–H groups in total. The van der Waals surface area contributed by atoms with Gasteiger partial charge in [-0.25, -0.2) is 12.7 Å². The molecule has 0 aliphatic heterocycles. The lowest BCUT2D eigenvalue weighted by Gasteiger charge is -2.23. The van der Waals surface area contributed by atoms with E-state index in [1.165, 1.54) is 22.7 Å². The standard InChI is InChI=1S/C26H26N2O4S2/c1-28(34(31,32)24-14-8-18-33-24)17-7-13-23(30)27-26(20-10-3-2-4-11-20)25-21-12-6-5-9-19(21)15-16-22(25)29/h2-6,8-12,14-16,18,26,29H,7,13,17H2,1H3,(H,27,30). The Morgan fingerprint density at radius 2 is 1.74 bits per heavy atom. The molecule has 34 heavy (non-hydrogen) atoms. The summed E-state index contributed by atoms with van der Waals surface area (Å²) in [5.41, 5.74) is 1.48. The number of hydrogen-bond donors (Lipinski definition) is 2. The number of phenols is 1. The fourth-order valence-electron chi connectivity index (χ4n) is 3.93. The van der Waals surface area contributed by atoms with Gasteiger partial charge in [0.2, 0.25) is 5.91 Å². The average Bonchev–Trinajstić information content (AvgIpc) is 3.39. The van der Waals surface area contributed by atoms with E-state index in [-0.39, 0.29) is 28.8 Å². The molecule has 1 atom stereocenters. The Hall–Kier alpha value is -3.20. The zero-order chi connectivity index (χ0) is 24.1. The highest BCUT2D eigenvalue weighted by Gasteiger charge is 2.24. The predicted octanol–water partition coefficient (Wildman–Crippen LogP) is 4.91. The van der Waals surface area contributed by atoms with Crippen LogP contribution in [0.5, 0.6) is 5.75 Å². The summed E-state index contributed by atoms with van der Waals surface area (Å²) in [7, 11) is -2.02. The van der Waals surface area contributed by atoms with Crippen molar-refractivity contribution in [2.45, 2.75) is 23.1 Å². The van der Waals surface area contributed by atoms with Crippen molar-refractivity contribution in [1.29, 1.82) is 0 Å². The summed E-state index contributed by atoms with van der Waals surface area (Å²) >= 11 is 1.17. The second-order valence-electron chi connectivity index (χ2n) is 7.99. The Morgan fingerprint density at radius 1 is 1.00 bits per heavy atom. The second-order valence-corrected chi connectivity index (χ2v) is 11.2. The van der Waals surface area contributed by atoms with Crippen LogP contribution in [-0.4, -0.2) is 37.3 Å². The highest BCUT2D eigenvalue weighted by Crippen LogP contribution is 2.35. The minimum absolute atomic E-state index is 0.106. The maximum absolute atomic E-state index is 12.9. The summed E-state index contributed by atoms with van der Waals surface area (Å²) in [6, 6.07) is 23.4. The minimum atomic E-state index is -3.55. The van der Waals surface area contributed by atoms with Crippen molar-refractivity contribution in [2.75, 3.05) is 13.6 Å². The molecule has 0 bridgehead atoms. The maximum Gasteiger partial charge on any atom is 0.252 e. The van der Waals surface area contributed by atoms with E-state index in [0.29, 0.717) is 12.0 Å². The molecule has 1 unspecified atom stereocenters. The smallest absolute Gasteiger partial charge is 0.252 e. The maximum atomic E-state index is 12.9. The normalized spacial score (nSPS) is 12.6. The average molecular weight is 495 g/mol. The van der Waals surface area contributed by atoms with Crippen molar-refractivity contribution in [3.63, 3.8) is 0 Å². The largest absolute Gasteiger partial charge is 0.508 e. The first kappa shape index (κ1) is 23.9. The van der Waals surface area contributed by atoms with Gasteiger partial charge < -0.3 is 10.4 Å². The Balaban J connectivity index is 1.51. The Labute approximate surface area is 203 Å². The number of benzene rings is 3. The van der Waals surface area contributed by atoms with E-state index in [4.69, 9.17) is 0 Å². The molecular formula is C26H26N2O4S2. The molecule has 3 aromatic carbocycles. The lowest BCUT2D eigenvalue weighted by molar-refractivity contribution is -0.121. The van der Waals surface area contributed by atoms with Gasteiger partial charge in [-0.3, -0.25) is 4.79 Å². The summed E-state index contributed by atoms with van der Waals surface area (Å²) in [5, 5.41) is 17.4. The SMILES string of the molecule is CN(CCCC(=O)NC(c1ccccc1)c1c(O)ccc2ccccc12)S(=O)(=O)c1cccs1. The van der Waals surface area contributed by atoms with Crippen LogP contribution < -0.4 is 5.32 Å². The van der Waals surface area contributed by atoms with Gasteiger partial charge in [-0.2, -0.15) is 0 Å². The number of thiophene rings is 1. The summed E-state index contributed by atoms with van der Waals surface area (Å²) in [6.07, 6.45) is 0.523. The van der Waals surface area contributed by atoms with Crippen molar-refractivity contribution in [1.82, 2.24) is 9.62 Å². The van der Waals surface area contributed by atoms with Crippen LogP contribution in [0, 0.1) is 0 Å². The highest BCUT2D eigenvalue weighted by molar-refractivity contribution is 7.91. The molecule has 0 aliphatic rings. The predicted molar refractivity (Wildman–Crippen MR) is 135 cm³/mol. The first-order valence-electron chi connectivity index (χ1n) is 10.9. The van der Waals surface area contributed by atoms with Gasteiger partial charge >= 0.3 is 0 Å². The van der Waals surface area contributed by atoms with E-state index in [1.54, 1.807) is 23.6 Å². The second kappa shape index (κ2) is 10.4. The lowest BCUT2D eigenvalue weighted by Crippen LogP contribution is -2.31. The molecule has 0 spiro atoms. The summed E-state index contributed by atoms with van der Waals surface area (Å²) in [5.74, 6) is -0.113. The van der Waals surface area contributed by atoms with E-state index in [2.05, 4.69) is 5.32 Å². The van der Waals surface area contributed by atoms with Gasteiger partial charge in [0.1, 0.15) is 9.96 Å². The van der Waals surface area contributed by atoms with Gasteiger partial charge in [0.15, 0.2) is 0 Å². The van der Waals surface area contributed by atoms with E-state index < -0.39 is 16.1 Å². The van der Waals surface area contributed by atoms with Crippen LogP contribution in [0.1, 0.15) is 30.0 Å². The van der Waals surface area contributed by atoms with Crippen LogP contribution in [0.2, 0.25) is 0 Å². The molecule has 0 fully saturated rings. The number of aromatic hydroxyl groups is 1. The van der Waals surface area contributed by atoms with Crippen LogP contribution in [0.4, 0.5) is 0 Å². The van der Waals surface area contributed by atoms with E-state index in [0.717, 1.165) is 16.3 Å². The van der Waals surface area contributed by atoms with Gasteiger partial charge in [0.05, 0.1) is 6.04 Å². The fraction of sp³-hybridized carbons (Fsp3) is 0.192. The summed E-state index contributed by atoms with van der Waals surface area (Å²) in [6.45, 7) is 0.225. The monoisotopic (exact) mass is 494 g/mol. The molecule has 0 saturated heterocycles. The van der Waals surface area contributed by atoms with Crippen molar-refractivity contribution in [3.8, 4) is 5.75 Å². The third kappa shape index (κ3) is 5.14. The highest BCUT2D eigenvalue weighted by atomic mass is 32.2. The van der Waals surface area contributed by atoms with Gasteiger partial charge in [0.25, 0.3) is 10.0 Å². The van der Waals surface area contributed by atoms with Crippen LogP contribution in [-0.2, 0) is 14.8 Å². The van der Waals surface area contributed by atoms with Crippen molar-refractivity contribution < 1.29 is 18.3 Å². The molecule has 4 aromatic rings. The van der Waals surface area contributed by atoms with Crippen molar-refractivity contribution in [2.24, 2.45) is 0 Å². The van der Waals surface area contributed by atoms with Gasteiger partial charge in [-0.05, 0) is 40.3 Å². The van der Waals surface area contributed by atoms with Gasteiger partial charge in [-0.15, -0.1) is 11.3 Å². The first-order valence-corrected chi connectivity index (χ1v) is 13.2. The zero-order valence-corrected chi connectivity index (χ0v) is 20.4. The Kier molecular flexibility index (Phi) is 7.31. The van der Waals surface area contributed by atoms with Crippen LogP contribution in [0.15, 0.2) is 88.5 Å². The summed E-state index contributed by atoms with van der Waals surface area (Å²) in [4.78, 5) is 12.9. The molecule has 8 heteroatoms. The molecule has 1 heterocycles. The topological polar surface area (TPSA) is 86.7 Å². The number of carbonyl (C=O) groups excluding carboxylic acids is 1. The number of nitrogens with zero attached hydrogens (tertiary/aromatic N) is 1. The molecule has 4 rings (SSSR count). The molecular weight excluding hydrogens is 468 g/mol. The summed E-state index contributed by atoms with van der Waals surface area (Å²) < 4.78 is 26.7. The van der Waals surface area contributed by atoms with Crippen molar-refractivity contribution >= 4 is 38.0 Å². The number of sulfonamides is 1. The minimum Gasteiger partial charge on any atom is -0.508 e. The van der Waals surface area contributed by atoms with Gasteiger partial charge in [0, 0.05) is 25.6 Å². The molecule has 176 valence electrons. The number of phenolic OH excluding ortho intramolecular Hbond substituents is 1. The Morgan fingerprint density at radius 3 is 2.47 bits per heavy atom. The molecule has 1 aromatic heterocycles. The number of carbonyl (C=O) groups is 1. The number of rotatable bonds is 9. The quantitative estimate of drug-likeness (QED) is 0.346. The molecule has 0 saturated carbocycles. The van der Waals surface area contributed by atoms with Crippen LogP contribution in [0.3, 0.4) is 0 Å². The molecule has 1 amide bonds. The van der Waals surface area contributed by atoms with E-state index in [1.807, 2.05) is 60.7 Å². The third-order valence-electron chi connectivity index (χ3n) is 5.71. The van der Waals surface area contributed by atoms with Gasteiger partial charge in [-0.1, -0.05) is 66.7 Å². The molecule has 0 aliphatic carbocycles. The van der Waals surface area contributed by atoms with Crippen LogP contribution >= 0.6 is 11.3 Å². The number of amides is 1.